The third-order valence-corrected chi connectivity index (χ3v) is 6.58. The molecule has 32 heavy (non-hydrogen) atoms. The molecular formula is C24H20ClF2N3O2. The molecule has 1 aliphatic carbocycles. The Hall–Kier alpha value is -3.06. The van der Waals surface area contributed by atoms with Crippen LogP contribution in [0.3, 0.4) is 0 Å². The number of nitrogens with one attached hydrogen (secondary N) is 1. The van der Waals surface area contributed by atoms with E-state index in [2.05, 4.69) is 4.98 Å². The molecule has 2 aliphatic rings. The van der Waals surface area contributed by atoms with Gasteiger partial charge in [-0.1, -0.05) is 54.1 Å². The number of carbonyl (C=O) groups excluding carboxylic acids is 1. The molecule has 0 unspecified atom stereocenters. The number of aromatic amines is 1. The minimum Gasteiger partial charge on any atom is -0.332 e. The van der Waals surface area contributed by atoms with Crippen LogP contribution in [0.4, 0.5) is 8.78 Å². The van der Waals surface area contributed by atoms with Crippen molar-refractivity contribution in [1.82, 2.24) is 14.9 Å². The van der Waals surface area contributed by atoms with Gasteiger partial charge < -0.3 is 9.88 Å². The zero-order chi connectivity index (χ0) is 22.5. The summed E-state index contributed by atoms with van der Waals surface area (Å²) in [6, 6.07) is 15.0. The van der Waals surface area contributed by atoms with E-state index < -0.39 is 17.4 Å². The van der Waals surface area contributed by atoms with Crippen LogP contribution in [-0.2, 0) is 29.1 Å². The summed E-state index contributed by atoms with van der Waals surface area (Å²) in [4.78, 5) is 34.2. The molecule has 1 aromatic heterocycles. The molecule has 5 nitrogen and oxygen atoms in total. The number of hydrogen-bond acceptors (Lipinski definition) is 3. The Morgan fingerprint density at radius 1 is 1.12 bits per heavy atom. The summed E-state index contributed by atoms with van der Waals surface area (Å²) in [6.07, 6.45) is 2.01. The number of hydrogen-bond donors (Lipinski definition) is 1. The highest BCUT2D eigenvalue weighted by Gasteiger charge is 2.49. The van der Waals surface area contributed by atoms with E-state index in [1.807, 2.05) is 30.3 Å². The van der Waals surface area contributed by atoms with Crippen LogP contribution in [0, 0.1) is 0 Å². The van der Waals surface area contributed by atoms with Gasteiger partial charge in [-0.25, -0.2) is 4.98 Å². The molecule has 2 aromatic carbocycles. The summed E-state index contributed by atoms with van der Waals surface area (Å²) < 4.78 is 29.7. The van der Waals surface area contributed by atoms with Crippen LogP contribution < -0.4 is 5.56 Å². The number of rotatable bonds is 4. The molecule has 1 N–H and O–H groups in total. The van der Waals surface area contributed by atoms with Crippen LogP contribution in [0.2, 0.25) is 5.02 Å². The topological polar surface area (TPSA) is 66.1 Å². The molecule has 1 aliphatic heterocycles. The Bertz CT molecular complexity index is 1260. The van der Waals surface area contributed by atoms with E-state index >= 15 is 0 Å². The second kappa shape index (κ2) is 7.52. The van der Waals surface area contributed by atoms with Crippen molar-refractivity contribution in [2.75, 3.05) is 6.54 Å². The highest BCUT2D eigenvalue weighted by molar-refractivity contribution is 6.30. The van der Waals surface area contributed by atoms with Crippen LogP contribution in [0.5, 0.6) is 0 Å². The van der Waals surface area contributed by atoms with Gasteiger partial charge in [0.05, 0.1) is 23.2 Å². The number of carbonyl (C=O) groups is 1. The summed E-state index contributed by atoms with van der Waals surface area (Å²) >= 11 is 5.82. The first-order valence-corrected chi connectivity index (χ1v) is 10.8. The van der Waals surface area contributed by atoms with Gasteiger partial charge in [-0.2, -0.15) is 8.78 Å². The Morgan fingerprint density at radius 2 is 1.88 bits per heavy atom. The molecule has 1 saturated carbocycles. The van der Waals surface area contributed by atoms with Gasteiger partial charge in [0.15, 0.2) is 0 Å². The number of halogens is 3. The molecule has 3 aromatic rings. The molecule has 164 valence electrons. The Balaban J connectivity index is 1.43. The predicted octanol–water partition coefficient (Wildman–Crippen LogP) is 4.18. The van der Waals surface area contributed by atoms with Gasteiger partial charge in [0.1, 0.15) is 5.82 Å². The van der Waals surface area contributed by atoms with Crippen molar-refractivity contribution in [2.24, 2.45) is 0 Å². The number of amides is 1. The quantitative estimate of drug-likeness (QED) is 0.641. The molecule has 0 radical (unpaired) electrons. The number of alkyl halides is 2. The minimum atomic E-state index is -3.74. The van der Waals surface area contributed by atoms with E-state index in [-0.39, 0.29) is 41.1 Å². The summed E-state index contributed by atoms with van der Waals surface area (Å²) in [5.74, 6) is -4.48. The van der Waals surface area contributed by atoms with Crippen LogP contribution >= 0.6 is 11.6 Å². The zero-order valence-corrected chi connectivity index (χ0v) is 17.8. The lowest BCUT2D eigenvalue weighted by atomic mass is 9.94. The molecule has 0 spiro atoms. The second-order valence-electron chi connectivity index (χ2n) is 8.35. The monoisotopic (exact) mass is 455 g/mol. The number of benzene rings is 2. The Labute approximate surface area is 188 Å². The van der Waals surface area contributed by atoms with E-state index in [1.165, 1.54) is 18.2 Å². The van der Waals surface area contributed by atoms with Crippen molar-refractivity contribution >= 4 is 17.5 Å². The lowest BCUT2D eigenvalue weighted by Crippen LogP contribution is -2.46. The fourth-order valence-corrected chi connectivity index (χ4v) is 4.57. The van der Waals surface area contributed by atoms with Gasteiger partial charge in [-0.05, 0) is 30.5 Å². The highest BCUT2D eigenvalue weighted by atomic mass is 35.5. The minimum absolute atomic E-state index is 0.0657. The molecule has 8 heteroatoms. The molecule has 5 rings (SSSR count). The number of fused-ring (bicyclic) bond motifs is 1. The lowest BCUT2D eigenvalue weighted by Gasteiger charge is -2.31. The van der Waals surface area contributed by atoms with Crippen molar-refractivity contribution in [2.45, 2.75) is 37.1 Å². The van der Waals surface area contributed by atoms with Gasteiger partial charge in [0, 0.05) is 23.6 Å². The van der Waals surface area contributed by atoms with Crippen molar-refractivity contribution in [3.05, 3.63) is 98.2 Å². The van der Waals surface area contributed by atoms with E-state index in [9.17, 15) is 18.4 Å². The fraction of sp³-hybridized carbons (Fsp3) is 0.292. The average Bonchev–Trinajstić information content (AvgIpc) is 3.61. The first kappa shape index (κ1) is 20.8. The third kappa shape index (κ3) is 3.41. The summed E-state index contributed by atoms with van der Waals surface area (Å²) in [5, 5.41) is 0.125. The number of nitrogens with zero attached hydrogens (tertiary/aromatic N) is 2. The first-order chi connectivity index (χ1) is 15.3. The number of H-pyrrole nitrogens is 1. The molecular weight excluding hydrogens is 436 g/mol. The van der Waals surface area contributed by atoms with Crippen LogP contribution in [0.1, 0.15) is 41.1 Å². The van der Waals surface area contributed by atoms with Crippen LogP contribution in [0.15, 0.2) is 59.4 Å². The Kier molecular flexibility index (Phi) is 4.89. The summed E-state index contributed by atoms with van der Waals surface area (Å²) in [6.45, 7) is -0.137. The third-order valence-electron chi connectivity index (χ3n) is 6.34. The van der Waals surface area contributed by atoms with Crippen molar-refractivity contribution < 1.29 is 13.6 Å². The maximum Gasteiger partial charge on any atom is 0.350 e. The van der Waals surface area contributed by atoms with Gasteiger partial charge in [0.2, 0.25) is 0 Å². The van der Waals surface area contributed by atoms with Gasteiger partial charge in [0.25, 0.3) is 11.5 Å². The lowest BCUT2D eigenvalue weighted by molar-refractivity contribution is -0.160. The largest absolute Gasteiger partial charge is 0.350 e. The molecule has 2 heterocycles. The van der Waals surface area contributed by atoms with Gasteiger partial charge in [-0.3, -0.25) is 9.59 Å². The maximum atomic E-state index is 14.9. The fourth-order valence-electron chi connectivity index (χ4n) is 4.38. The van der Waals surface area contributed by atoms with Crippen LogP contribution in [-0.4, -0.2) is 27.3 Å². The van der Waals surface area contributed by atoms with E-state index in [0.29, 0.717) is 11.5 Å². The summed E-state index contributed by atoms with van der Waals surface area (Å²) in [5.41, 5.74) is 0.775. The molecule has 0 saturated heterocycles. The van der Waals surface area contributed by atoms with Crippen molar-refractivity contribution in [3.63, 3.8) is 0 Å². The van der Waals surface area contributed by atoms with E-state index in [0.717, 1.165) is 29.4 Å². The van der Waals surface area contributed by atoms with Crippen LogP contribution in [0.25, 0.3) is 0 Å². The highest BCUT2D eigenvalue weighted by Crippen LogP contribution is 2.52. The smallest absolute Gasteiger partial charge is 0.332 e. The average molecular weight is 456 g/mol. The van der Waals surface area contributed by atoms with Crippen molar-refractivity contribution in [1.29, 1.82) is 0 Å². The molecule has 1 amide bonds. The van der Waals surface area contributed by atoms with Crippen molar-refractivity contribution in [3.8, 4) is 0 Å². The predicted molar refractivity (Wildman–Crippen MR) is 116 cm³/mol. The van der Waals surface area contributed by atoms with E-state index in [1.54, 1.807) is 0 Å². The maximum absolute atomic E-state index is 14.9. The first-order valence-electron chi connectivity index (χ1n) is 10.4. The molecule has 1 fully saturated rings. The summed E-state index contributed by atoms with van der Waals surface area (Å²) in [7, 11) is 0. The molecule has 0 atom stereocenters. The SMILES string of the molecule is O=C(N1CCc2nc(C3(c4ccccc4)CC3)[nH]c(=O)c2C1)C(F)(F)c1cccc(Cl)c1. The normalized spacial score (nSPS) is 17.0. The zero-order valence-electron chi connectivity index (χ0n) is 17.1. The van der Waals surface area contributed by atoms with Gasteiger partial charge >= 0.3 is 5.92 Å². The van der Waals surface area contributed by atoms with Gasteiger partial charge in [-0.15, -0.1) is 0 Å². The molecule has 0 bridgehead atoms. The second-order valence-corrected chi connectivity index (χ2v) is 8.79. The van der Waals surface area contributed by atoms with E-state index in [4.69, 9.17) is 16.6 Å². The standard InChI is InChI=1S/C24H20ClF2N3O2/c25-17-8-4-7-16(13-17)24(26,27)22(32)30-12-9-19-18(14-30)20(31)29-21(28-19)23(10-11-23)15-5-2-1-3-6-15/h1-8,13H,9-12,14H2,(H,28,29,31). The Morgan fingerprint density at radius 3 is 2.56 bits per heavy atom. The number of aromatic nitrogens is 2.